The molecule has 0 aliphatic rings. The second-order valence-corrected chi connectivity index (χ2v) is 6.81. The standard InChI is InChI=1S/C21H18F6N4O/c1-28-11-18-17(29-31-30-18)9-6-13-4-2-3-5-19(13)32-12-14-10-15(20(22,23)24)7-8-16(14)21(25,26)27/h2-5,7-8,10-11H,6,9,12H2,1H3,(H,29,30,31). The maximum atomic E-state index is 13.3. The number of alkyl halides is 6. The first-order chi connectivity index (χ1) is 15.1. The van der Waals surface area contributed by atoms with Gasteiger partial charge in [0.05, 0.1) is 23.0 Å². The number of para-hydroxylation sites is 1. The van der Waals surface area contributed by atoms with E-state index in [0.717, 1.165) is 0 Å². The number of hydrogen-bond acceptors (Lipinski definition) is 4. The SMILES string of the molecule is CN=Cc1n[nH]nc1CCc1ccccc1OCc1cc(C(F)(F)F)ccc1C(F)(F)F. The Bertz CT molecular complexity index is 1090. The summed E-state index contributed by atoms with van der Waals surface area (Å²) in [4.78, 5) is 3.88. The average Bonchev–Trinajstić information content (AvgIpc) is 3.17. The second-order valence-electron chi connectivity index (χ2n) is 6.81. The summed E-state index contributed by atoms with van der Waals surface area (Å²) in [6, 6.07) is 7.93. The summed E-state index contributed by atoms with van der Waals surface area (Å²) in [5.41, 5.74) is -1.08. The minimum atomic E-state index is -4.81. The summed E-state index contributed by atoms with van der Waals surface area (Å²) in [6.45, 7) is -0.673. The summed E-state index contributed by atoms with van der Waals surface area (Å²) < 4.78 is 84.4. The Morgan fingerprint density at radius 2 is 1.69 bits per heavy atom. The van der Waals surface area contributed by atoms with E-state index in [0.29, 0.717) is 48.0 Å². The fourth-order valence-electron chi connectivity index (χ4n) is 3.10. The predicted molar refractivity (Wildman–Crippen MR) is 105 cm³/mol. The van der Waals surface area contributed by atoms with Gasteiger partial charge < -0.3 is 4.74 Å². The summed E-state index contributed by atoms with van der Waals surface area (Å²) in [7, 11) is 1.59. The number of aromatic amines is 1. The molecule has 32 heavy (non-hydrogen) atoms. The van der Waals surface area contributed by atoms with Crippen molar-refractivity contribution in [1.82, 2.24) is 15.4 Å². The largest absolute Gasteiger partial charge is 0.489 e. The molecule has 1 aromatic heterocycles. The topological polar surface area (TPSA) is 63.2 Å². The van der Waals surface area contributed by atoms with Crippen LogP contribution in [0.2, 0.25) is 0 Å². The lowest BCUT2D eigenvalue weighted by molar-refractivity contribution is -0.142. The van der Waals surface area contributed by atoms with Gasteiger partial charge in [-0.3, -0.25) is 4.99 Å². The number of nitrogens with one attached hydrogen (secondary N) is 1. The fourth-order valence-corrected chi connectivity index (χ4v) is 3.10. The van der Waals surface area contributed by atoms with Gasteiger partial charge in [-0.05, 0) is 42.7 Å². The highest BCUT2D eigenvalue weighted by atomic mass is 19.4. The van der Waals surface area contributed by atoms with Gasteiger partial charge in [-0.15, -0.1) is 0 Å². The van der Waals surface area contributed by atoms with Crippen LogP contribution in [0.1, 0.15) is 33.6 Å². The van der Waals surface area contributed by atoms with Crippen LogP contribution in [-0.2, 0) is 31.8 Å². The minimum Gasteiger partial charge on any atom is -0.489 e. The van der Waals surface area contributed by atoms with Crippen LogP contribution in [0.4, 0.5) is 26.3 Å². The van der Waals surface area contributed by atoms with Crippen LogP contribution >= 0.6 is 0 Å². The third-order valence-corrected chi connectivity index (χ3v) is 4.63. The number of ether oxygens (including phenoxy) is 1. The smallest absolute Gasteiger partial charge is 0.416 e. The lowest BCUT2D eigenvalue weighted by Gasteiger charge is -2.17. The van der Waals surface area contributed by atoms with E-state index in [9.17, 15) is 26.3 Å². The van der Waals surface area contributed by atoms with E-state index in [4.69, 9.17) is 4.74 Å². The number of halogens is 6. The van der Waals surface area contributed by atoms with Gasteiger partial charge in [0.25, 0.3) is 0 Å². The second kappa shape index (κ2) is 9.41. The first-order valence-corrected chi connectivity index (χ1v) is 9.39. The number of rotatable bonds is 7. The molecule has 0 radical (unpaired) electrons. The van der Waals surface area contributed by atoms with Gasteiger partial charge in [-0.2, -0.15) is 41.8 Å². The zero-order chi connectivity index (χ0) is 23.4. The van der Waals surface area contributed by atoms with Gasteiger partial charge in [-0.1, -0.05) is 18.2 Å². The maximum Gasteiger partial charge on any atom is 0.416 e. The lowest BCUT2D eigenvalue weighted by Crippen LogP contribution is -2.14. The van der Waals surface area contributed by atoms with E-state index >= 15 is 0 Å². The molecule has 5 nitrogen and oxygen atoms in total. The fraction of sp³-hybridized carbons (Fsp3) is 0.286. The Morgan fingerprint density at radius 3 is 2.38 bits per heavy atom. The number of nitrogens with zero attached hydrogens (tertiary/aromatic N) is 3. The molecule has 1 N–H and O–H groups in total. The molecule has 0 fully saturated rings. The molecule has 0 aliphatic heterocycles. The van der Waals surface area contributed by atoms with Crippen molar-refractivity contribution < 1.29 is 31.1 Å². The van der Waals surface area contributed by atoms with Crippen molar-refractivity contribution in [2.45, 2.75) is 31.8 Å². The van der Waals surface area contributed by atoms with Crippen LogP contribution in [0, 0.1) is 0 Å². The highest BCUT2D eigenvalue weighted by Gasteiger charge is 2.37. The van der Waals surface area contributed by atoms with E-state index < -0.39 is 35.6 Å². The molecule has 0 saturated heterocycles. The van der Waals surface area contributed by atoms with E-state index in [2.05, 4.69) is 20.4 Å². The molecule has 3 aromatic rings. The molecule has 11 heteroatoms. The van der Waals surface area contributed by atoms with Crippen molar-refractivity contribution in [3.8, 4) is 5.75 Å². The molecule has 3 rings (SSSR count). The molecule has 0 aliphatic carbocycles. The van der Waals surface area contributed by atoms with E-state index in [1.54, 1.807) is 31.3 Å². The zero-order valence-electron chi connectivity index (χ0n) is 16.8. The molecule has 0 unspecified atom stereocenters. The Labute approximate surface area is 179 Å². The number of hydrogen-bond donors (Lipinski definition) is 1. The van der Waals surface area contributed by atoms with Crippen molar-refractivity contribution in [1.29, 1.82) is 0 Å². The third-order valence-electron chi connectivity index (χ3n) is 4.63. The van der Waals surface area contributed by atoms with Gasteiger partial charge in [0.2, 0.25) is 0 Å². The van der Waals surface area contributed by atoms with Gasteiger partial charge >= 0.3 is 12.4 Å². The van der Waals surface area contributed by atoms with E-state index in [1.807, 2.05) is 0 Å². The molecule has 170 valence electrons. The molecular weight excluding hydrogens is 438 g/mol. The number of benzene rings is 2. The molecule has 1 heterocycles. The highest BCUT2D eigenvalue weighted by molar-refractivity contribution is 5.77. The molecule has 0 saturated carbocycles. The third kappa shape index (κ3) is 5.65. The number of H-pyrrole nitrogens is 1. The molecule has 0 amide bonds. The van der Waals surface area contributed by atoms with Crippen molar-refractivity contribution in [3.05, 3.63) is 76.1 Å². The van der Waals surface area contributed by atoms with Crippen molar-refractivity contribution >= 4 is 6.21 Å². The van der Waals surface area contributed by atoms with Crippen molar-refractivity contribution in [2.75, 3.05) is 7.05 Å². The monoisotopic (exact) mass is 456 g/mol. The molecular formula is C21H18F6N4O. The number of aromatic nitrogens is 3. The molecule has 2 aromatic carbocycles. The first-order valence-electron chi connectivity index (χ1n) is 9.39. The molecule has 0 atom stereocenters. The van der Waals surface area contributed by atoms with E-state index in [1.165, 1.54) is 6.21 Å². The zero-order valence-corrected chi connectivity index (χ0v) is 16.8. The Morgan fingerprint density at radius 1 is 0.938 bits per heavy atom. The van der Waals surface area contributed by atoms with Crippen LogP contribution in [0.15, 0.2) is 47.5 Å². The Balaban J connectivity index is 1.81. The van der Waals surface area contributed by atoms with Crippen LogP contribution in [0.25, 0.3) is 0 Å². The lowest BCUT2D eigenvalue weighted by atomic mass is 10.0. The highest BCUT2D eigenvalue weighted by Crippen LogP contribution is 2.37. The average molecular weight is 456 g/mol. The van der Waals surface area contributed by atoms with Gasteiger partial charge in [0, 0.05) is 12.6 Å². The quantitative estimate of drug-likeness (QED) is 0.390. The van der Waals surface area contributed by atoms with Gasteiger partial charge in [0.1, 0.15) is 18.1 Å². The summed E-state index contributed by atoms with van der Waals surface area (Å²) in [6.07, 6.45) is -7.19. The molecule has 0 spiro atoms. The predicted octanol–water partition coefficient (Wildman–Crippen LogP) is 5.26. The van der Waals surface area contributed by atoms with Crippen LogP contribution < -0.4 is 4.74 Å². The van der Waals surface area contributed by atoms with Gasteiger partial charge in [-0.25, -0.2) is 0 Å². The molecule has 0 bridgehead atoms. The first kappa shape index (κ1) is 23.3. The van der Waals surface area contributed by atoms with Crippen LogP contribution in [0.3, 0.4) is 0 Å². The Kier molecular flexibility index (Phi) is 6.85. The summed E-state index contributed by atoms with van der Waals surface area (Å²) in [5, 5.41) is 10.5. The van der Waals surface area contributed by atoms with Gasteiger partial charge in [0.15, 0.2) is 0 Å². The van der Waals surface area contributed by atoms with E-state index in [-0.39, 0.29) is 5.75 Å². The summed E-state index contributed by atoms with van der Waals surface area (Å²) >= 11 is 0. The minimum absolute atomic E-state index is 0.271. The Hall–Kier alpha value is -3.37. The van der Waals surface area contributed by atoms with Crippen molar-refractivity contribution in [2.24, 2.45) is 4.99 Å². The number of aliphatic imine (C=N–C) groups is 1. The normalized spacial score (nSPS) is 12.5. The van der Waals surface area contributed by atoms with Crippen LogP contribution in [0.5, 0.6) is 5.75 Å². The summed E-state index contributed by atoms with van der Waals surface area (Å²) in [5.74, 6) is 0.271. The number of aryl methyl sites for hydroxylation is 2. The van der Waals surface area contributed by atoms with Crippen molar-refractivity contribution in [3.63, 3.8) is 0 Å². The van der Waals surface area contributed by atoms with Crippen LogP contribution in [-0.4, -0.2) is 28.7 Å². The maximum absolute atomic E-state index is 13.3.